The summed E-state index contributed by atoms with van der Waals surface area (Å²) in [4.78, 5) is 14.9. The molecule has 0 radical (unpaired) electrons. The number of rotatable bonds is 7. The number of ether oxygens (including phenoxy) is 1. The number of aryl methyl sites for hydroxylation is 1. The third-order valence-electron chi connectivity index (χ3n) is 3.92. The Hall–Kier alpha value is -2.51. The van der Waals surface area contributed by atoms with Gasteiger partial charge in [0, 0.05) is 28.7 Å². The number of aliphatic hydroxyl groups excluding tert-OH is 1. The van der Waals surface area contributed by atoms with Crippen molar-refractivity contribution >= 4 is 28.4 Å². The molecule has 0 bridgehead atoms. The Morgan fingerprint density at radius 2 is 2.23 bits per heavy atom. The summed E-state index contributed by atoms with van der Waals surface area (Å²) in [6.07, 6.45) is -0.618. The summed E-state index contributed by atoms with van der Waals surface area (Å²) >= 11 is 6.28. The van der Waals surface area contributed by atoms with Crippen molar-refractivity contribution in [2.45, 2.75) is 39.5 Å². The molecule has 1 amide bonds. The van der Waals surface area contributed by atoms with Crippen molar-refractivity contribution in [3.63, 3.8) is 0 Å². The maximum Gasteiger partial charge on any atom is 0.249 e. The van der Waals surface area contributed by atoms with Crippen molar-refractivity contribution in [1.82, 2.24) is 15.5 Å². The number of aromatic amines is 1. The number of H-pyrrole nitrogens is 1. The number of amides is 1. The molecule has 0 unspecified atom stereocenters. The van der Waals surface area contributed by atoms with Crippen LogP contribution in [0.3, 0.4) is 0 Å². The molecule has 3 N–H and O–H groups in total. The third-order valence-corrected chi connectivity index (χ3v) is 4.21. The number of benzene rings is 1. The van der Waals surface area contributed by atoms with E-state index in [2.05, 4.69) is 15.5 Å². The molecule has 138 valence electrons. The fraction of sp³-hybridized carbons (Fsp3) is 0.333. The largest absolute Gasteiger partial charge is 0.484 e. The van der Waals surface area contributed by atoms with Crippen molar-refractivity contribution in [2.75, 3.05) is 0 Å². The van der Waals surface area contributed by atoms with Gasteiger partial charge < -0.3 is 24.7 Å². The fourth-order valence-corrected chi connectivity index (χ4v) is 2.74. The second-order valence-electron chi connectivity index (χ2n) is 6.03. The monoisotopic (exact) mass is 377 g/mol. The smallest absolute Gasteiger partial charge is 0.249 e. The lowest BCUT2D eigenvalue weighted by Gasteiger charge is -2.07. The lowest BCUT2D eigenvalue weighted by molar-refractivity contribution is -0.129. The summed E-state index contributed by atoms with van der Waals surface area (Å²) in [6, 6.07) is 7.28. The first kappa shape index (κ1) is 18.3. The highest BCUT2D eigenvalue weighted by atomic mass is 35.5. The number of carbonyl (C=O) groups excluding carboxylic acids is 1. The normalized spacial score (nSPS) is 12.3. The van der Waals surface area contributed by atoms with E-state index in [9.17, 15) is 9.90 Å². The molecule has 0 aliphatic carbocycles. The summed E-state index contributed by atoms with van der Waals surface area (Å²) in [7, 11) is 0. The molecule has 0 saturated heterocycles. The molecule has 8 heteroatoms. The minimum atomic E-state index is -0.992. The van der Waals surface area contributed by atoms with Crippen LogP contribution >= 0.6 is 11.6 Å². The average Bonchev–Trinajstić information content (AvgIpc) is 3.22. The number of nitrogens with one attached hydrogen (secondary N) is 2. The highest BCUT2D eigenvalue weighted by Crippen LogP contribution is 2.31. The van der Waals surface area contributed by atoms with E-state index in [4.69, 9.17) is 20.9 Å². The second-order valence-corrected chi connectivity index (χ2v) is 6.44. The van der Waals surface area contributed by atoms with Crippen molar-refractivity contribution in [3.8, 4) is 5.75 Å². The summed E-state index contributed by atoms with van der Waals surface area (Å²) in [5.41, 5.74) is 2.42. The number of hydrogen-bond donors (Lipinski definition) is 3. The molecule has 0 aliphatic rings. The van der Waals surface area contributed by atoms with Gasteiger partial charge in [-0.1, -0.05) is 23.7 Å². The molecule has 1 atom stereocenters. The summed E-state index contributed by atoms with van der Waals surface area (Å²) in [5, 5.41) is 17.4. The van der Waals surface area contributed by atoms with Crippen LogP contribution in [0.15, 0.2) is 28.8 Å². The van der Waals surface area contributed by atoms with Crippen LogP contribution in [0.25, 0.3) is 10.9 Å². The van der Waals surface area contributed by atoms with Crippen molar-refractivity contribution in [3.05, 3.63) is 46.4 Å². The van der Waals surface area contributed by atoms with Gasteiger partial charge in [0.05, 0.1) is 17.3 Å². The van der Waals surface area contributed by atoms with E-state index >= 15 is 0 Å². The summed E-state index contributed by atoms with van der Waals surface area (Å²) in [6.45, 7) is 4.10. The predicted octanol–water partition coefficient (Wildman–Crippen LogP) is 3.08. The van der Waals surface area contributed by atoms with Crippen LogP contribution in [0.1, 0.15) is 30.5 Å². The van der Waals surface area contributed by atoms with E-state index in [-0.39, 0.29) is 13.2 Å². The van der Waals surface area contributed by atoms with Crippen LogP contribution in [0, 0.1) is 6.92 Å². The Kier molecular flexibility index (Phi) is 5.49. The number of aromatic nitrogens is 2. The number of fused-ring (bicyclic) bond motifs is 1. The number of hydrogen-bond acceptors (Lipinski definition) is 5. The van der Waals surface area contributed by atoms with Gasteiger partial charge in [0.1, 0.15) is 18.5 Å². The molecule has 2 heterocycles. The summed E-state index contributed by atoms with van der Waals surface area (Å²) < 4.78 is 10.8. The van der Waals surface area contributed by atoms with Crippen LogP contribution in [0.2, 0.25) is 5.02 Å². The molecule has 7 nitrogen and oxygen atoms in total. The SMILES string of the molecule is CC[C@H](O)C(=O)NCc1cc2cc(Cl)c(OCc3cc(C)no3)cc2[nH]1. The van der Waals surface area contributed by atoms with E-state index in [1.165, 1.54) is 0 Å². The Labute approximate surface area is 155 Å². The molecule has 0 spiro atoms. The van der Waals surface area contributed by atoms with Gasteiger partial charge in [-0.2, -0.15) is 0 Å². The zero-order chi connectivity index (χ0) is 18.7. The molecule has 1 aromatic carbocycles. The molecule has 2 aromatic heterocycles. The Morgan fingerprint density at radius 1 is 1.42 bits per heavy atom. The Morgan fingerprint density at radius 3 is 2.92 bits per heavy atom. The molecule has 0 saturated carbocycles. The molecule has 0 fully saturated rings. The second kappa shape index (κ2) is 7.80. The van der Waals surface area contributed by atoms with Gasteiger partial charge in [0.15, 0.2) is 5.76 Å². The van der Waals surface area contributed by atoms with Gasteiger partial charge in [0.2, 0.25) is 5.91 Å². The Balaban J connectivity index is 1.70. The quantitative estimate of drug-likeness (QED) is 0.587. The minimum absolute atomic E-state index is 0.227. The van der Waals surface area contributed by atoms with Gasteiger partial charge in [-0.15, -0.1) is 0 Å². The predicted molar refractivity (Wildman–Crippen MR) is 97.0 cm³/mol. The fourth-order valence-electron chi connectivity index (χ4n) is 2.52. The van der Waals surface area contributed by atoms with E-state index in [0.29, 0.717) is 23.0 Å². The first-order valence-electron chi connectivity index (χ1n) is 8.28. The van der Waals surface area contributed by atoms with E-state index in [1.54, 1.807) is 25.1 Å². The molecule has 0 aliphatic heterocycles. The maximum atomic E-state index is 11.7. The molecule has 3 aromatic rings. The number of nitrogens with zero attached hydrogens (tertiary/aromatic N) is 1. The Bertz CT molecular complexity index is 918. The zero-order valence-corrected chi connectivity index (χ0v) is 15.3. The van der Waals surface area contributed by atoms with Crippen LogP contribution in [0.5, 0.6) is 5.75 Å². The molecule has 26 heavy (non-hydrogen) atoms. The standard InChI is InChI=1S/C18H20ClN3O4/c1-3-16(23)18(24)20-8-12-5-11-6-14(19)17(7-15(11)21-12)25-9-13-4-10(2)22-26-13/h4-7,16,21,23H,3,8-9H2,1-2H3,(H,20,24)/t16-/m0/s1. The highest BCUT2D eigenvalue weighted by molar-refractivity contribution is 6.32. The van der Waals surface area contributed by atoms with Gasteiger partial charge in [-0.05, 0) is 25.5 Å². The number of aliphatic hydroxyl groups is 1. The molecular formula is C18H20ClN3O4. The first-order chi connectivity index (χ1) is 12.5. The van der Waals surface area contributed by atoms with Gasteiger partial charge in [-0.3, -0.25) is 4.79 Å². The van der Waals surface area contributed by atoms with Gasteiger partial charge in [-0.25, -0.2) is 0 Å². The van der Waals surface area contributed by atoms with Crippen LogP contribution in [-0.4, -0.2) is 27.3 Å². The zero-order valence-electron chi connectivity index (χ0n) is 14.5. The molecule has 3 rings (SSSR count). The lowest BCUT2D eigenvalue weighted by Crippen LogP contribution is -2.33. The lowest BCUT2D eigenvalue weighted by atomic mass is 10.2. The van der Waals surface area contributed by atoms with Crippen LogP contribution < -0.4 is 10.1 Å². The topological polar surface area (TPSA) is 100 Å². The molecular weight excluding hydrogens is 358 g/mol. The first-order valence-corrected chi connectivity index (χ1v) is 8.66. The van der Waals surface area contributed by atoms with E-state index in [0.717, 1.165) is 22.3 Å². The highest BCUT2D eigenvalue weighted by Gasteiger charge is 2.13. The van der Waals surface area contributed by atoms with E-state index < -0.39 is 12.0 Å². The number of halogens is 1. The van der Waals surface area contributed by atoms with Gasteiger partial charge >= 0.3 is 0 Å². The average molecular weight is 378 g/mol. The van der Waals surface area contributed by atoms with Crippen molar-refractivity contribution in [2.24, 2.45) is 0 Å². The summed E-state index contributed by atoms with van der Waals surface area (Å²) in [5.74, 6) is 0.741. The van der Waals surface area contributed by atoms with E-state index in [1.807, 2.05) is 13.0 Å². The third kappa shape index (κ3) is 4.17. The van der Waals surface area contributed by atoms with Crippen LogP contribution in [0.4, 0.5) is 0 Å². The van der Waals surface area contributed by atoms with Crippen molar-refractivity contribution in [1.29, 1.82) is 0 Å². The maximum absolute atomic E-state index is 11.7. The number of carbonyl (C=O) groups is 1. The minimum Gasteiger partial charge on any atom is -0.484 e. The van der Waals surface area contributed by atoms with Crippen LogP contribution in [-0.2, 0) is 17.9 Å². The van der Waals surface area contributed by atoms with Gasteiger partial charge in [0.25, 0.3) is 0 Å². The van der Waals surface area contributed by atoms with Crippen molar-refractivity contribution < 1.29 is 19.2 Å².